The minimum absolute atomic E-state index is 0.666. The van der Waals surface area contributed by atoms with Gasteiger partial charge in [0.2, 0.25) is 0 Å². The molecule has 2 unspecified atom stereocenters. The zero-order valence-electron chi connectivity index (χ0n) is 12.6. The molecule has 2 fully saturated rings. The van der Waals surface area contributed by atoms with Gasteiger partial charge >= 0.3 is 0 Å². The summed E-state index contributed by atoms with van der Waals surface area (Å²) in [7, 11) is 0. The standard InChI is InChI=1S/C16H32N2/c1-4-13(2)17-12-14(3)18-11-7-9-15-8-5-6-10-16(15)18/h13-17H,4-12H2,1-3H3/t13?,14?,15-,16-/m1/s1. The highest BCUT2D eigenvalue weighted by molar-refractivity contribution is 4.90. The molecule has 0 aromatic heterocycles. The number of hydrogen-bond donors (Lipinski definition) is 1. The molecule has 0 spiro atoms. The number of nitrogens with zero attached hydrogens (tertiary/aromatic N) is 1. The van der Waals surface area contributed by atoms with E-state index in [1.54, 1.807) is 0 Å². The highest BCUT2D eigenvalue weighted by Gasteiger charge is 2.35. The largest absolute Gasteiger partial charge is 0.313 e. The van der Waals surface area contributed by atoms with Crippen molar-refractivity contribution in [2.75, 3.05) is 13.1 Å². The summed E-state index contributed by atoms with van der Waals surface area (Å²) in [5.74, 6) is 1.01. The van der Waals surface area contributed by atoms with Gasteiger partial charge in [-0.15, -0.1) is 0 Å². The Morgan fingerprint density at radius 2 is 1.83 bits per heavy atom. The molecule has 1 saturated carbocycles. The molecule has 2 nitrogen and oxygen atoms in total. The summed E-state index contributed by atoms with van der Waals surface area (Å²) < 4.78 is 0. The van der Waals surface area contributed by atoms with Crippen molar-refractivity contribution < 1.29 is 0 Å². The molecule has 1 saturated heterocycles. The minimum atomic E-state index is 0.666. The van der Waals surface area contributed by atoms with Gasteiger partial charge in [0, 0.05) is 24.7 Å². The van der Waals surface area contributed by atoms with Gasteiger partial charge in [-0.3, -0.25) is 4.90 Å². The summed E-state index contributed by atoms with van der Waals surface area (Å²) in [4.78, 5) is 2.82. The average Bonchev–Trinajstić information content (AvgIpc) is 2.43. The number of piperidine rings is 1. The number of fused-ring (bicyclic) bond motifs is 1. The van der Waals surface area contributed by atoms with Gasteiger partial charge in [-0.1, -0.05) is 19.8 Å². The predicted octanol–water partition coefficient (Wildman–Crippen LogP) is 3.42. The quantitative estimate of drug-likeness (QED) is 0.806. The molecule has 1 heterocycles. The molecule has 2 aliphatic rings. The first-order valence-corrected chi connectivity index (χ1v) is 8.21. The Morgan fingerprint density at radius 1 is 1.11 bits per heavy atom. The Kier molecular flexibility index (Phi) is 5.50. The van der Waals surface area contributed by atoms with Crippen molar-refractivity contribution in [3.8, 4) is 0 Å². The van der Waals surface area contributed by atoms with Crippen molar-refractivity contribution in [3.63, 3.8) is 0 Å². The Morgan fingerprint density at radius 3 is 2.61 bits per heavy atom. The van der Waals surface area contributed by atoms with Crippen molar-refractivity contribution in [1.29, 1.82) is 0 Å². The first-order chi connectivity index (χ1) is 8.72. The third-order valence-corrected chi connectivity index (χ3v) is 5.23. The van der Waals surface area contributed by atoms with E-state index < -0.39 is 0 Å². The molecule has 1 N–H and O–H groups in total. The van der Waals surface area contributed by atoms with Gasteiger partial charge < -0.3 is 5.32 Å². The summed E-state index contributed by atoms with van der Waals surface area (Å²) in [5, 5.41) is 3.68. The maximum absolute atomic E-state index is 3.68. The highest BCUT2D eigenvalue weighted by atomic mass is 15.2. The van der Waals surface area contributed by atoms with Gasteiger partial charge in [0.1, 0.15) is 0 Å². The van der Waals surface area contributed by atoms with Crippen LogP contribution in [0, 0.1) is 5.92 Å². The SMILES string of the molecule is CCC(C)NCC(C)N1CCC[C@H]2CCCC[C@H]21. The van der Waals surface area contributed by atoms with Crippen LogP contribution in [0.25, 0.3) is 0 Å². The Labute approximate surface area is 114 Å². The van der Waals surface area contributed by atoms with Crippen LogP contribution in [-0.4, -0.2) is 36.1 Å². The molecule has 106 valence electrons. The van der Waals surface area contributed by atoms with E-state index in [1.165, 1.54) is 51.5 Å². The van der Waals surface area contributed by atoms with Crippen LogP contribution in [-0.2, 0) is 0 Å². The number of likely N-dealkylation sites (tertiary alicyclic amines) is 1. The number of rotatable bonds is 5. The van der Waals surface area contributed by atoms with Crippen LogP contribution in [0.1, 0.15) is 65.7 Å². The molecule has 1 aliphatic carbocycles. The van der Waals surface area contributed by atoms with Crippen molar-refractivity contribution in [3.05, 3.63) is 0 Å². The van der Waals surface area contributed by atoms with Crippen LogP contribution in [0.2, 0.25) is 0 Å². The normalized spacial score (nSPS) is 32.8. The maximum Gasteiger partial charge on any atom is 0.0195 e. The second-order valence-electron chi connectivity index (χ2n) is 6.56. The molecule has 4 atom stereocenters. The minimum Gasteiger partial charge on any atom is -0.313 e. The van der Waals surface area contributed by atoms with Gasteiger partial charge in [0.15, 0.2) is 0 Å². The third kappa shape index (κ3) is 3.48. The molecule has 2 heteroatoms. The molecule has 0 radical (unpaired) electrons. The molecule has 0 bridgehead atoms. The van der Waals surface area contributed by atoms with Crippen LogP contribution in [0.5, 0.6) is 0 Å². The van der Waals surface area contributed by atoms with Crippen molar-refractivity contribution in [2.45, 2.75) is 83.8 Å². The highest BCUT2D eigenvalue weighted by Crippen LogP contribution is 2.36. The van der Waals surface area contributed by atoms with Gasteiger partial charge in [0.05, 0.1) is 0 Å². The van der Waals surface area contributed by atoms with Crippen molar-refractivity contribution in [2.24, 2.45) is 5.92 Å². The molecule has 0 aromatic rings. The van der Waals surface area contributed by atoms with Crippen LogP contribution in [0.4, 0.5) is 0 Å². The van der Waals surface area contributed by atoms with E-state index in [4.69, 9.17) is 0 Å². The van der Waals surface area contributed by atoms with Gasteiger partial charge in [-0.25, -0.2) is 0 Å². The number of nitrogens with one attached hydrogen (secondary N) is 1. The Bertz CT molecular complexity index is 239. The summed E-state index contributed by atoms with van der Waals surface area (Å²) >= 11 is 0. The van der Waals surface area contributed by atoms with Crippen LogP contribution >= 0.6 is 0 Å². The Hall–Kier alpha value is -0.0800. The van der Waals surface area contributed by atoms with E-state index in [2.05, 4.69) is 31.0 Å². The van der Waals surface area contributed by atoms with E-state index in [0.717, 1.165) is 18.5 Å². The topological polar surface area (TPSA) is 15.3 Å². The lowest BCUT2D eigenvalue weighted by Gasteiger charge is -2.47. The fourth-order valence-electron chi connectivity index (χ4n) is 3.84. The second-order valence-corrected chi connectivity index (χ2v) is 6.56. The summed E-state index contributed by atoms with van der Waals surface area (Å²) in [6.07, 6.45) is 10.0. The molecular weight excluding hydrogens is 220 g/mol. The average molecular weight is 252 g/mol. The fourth-order valence-corrected chi connectivity index (χ4v) is 3.84. The maximum atomic E-state index is 3.68. The van der Waals surface area contributed by atoms with E-state index in [9.17, 15) is 0 Å². The van der Waals surface area contributed by atoms with E-state index >= 15 is 0 Å². The van der Waals surface area contributed by atoms with Gasteiger partial charge in [-0.2, -0.15) is 0 Å². The van der Waals surface area contributed by atoms with Gasteiger partial charge in [0.25, 0.3) is 0 Å². The summed E-state index contributed by atoms with van der Waals surface area (Å²) in [5.41, 5.74) is 0. The fraction of sp³-hybridized carbons (Fsp3) is 1.00. The van der Waals surface area contributed by atoms with Crippen LogP contribution in [0.3, 0.4) is 0 Å². The van der Waals surface area contributed by atoms with E-state index in [1.807, 2.05) is 0 Å². The van der Waals surface area contributed by atoms with E-state index in [0.29, 0.717) is 12.1 Å². The van der Waals surface area contributed by atoms with Crippen molar-refractivity contribution in [1.82, 2.24) is 10.2 Å². The van der Waals surface area contributed by atoms with E-state index in [-0.39, 0.29) is 0 Å². The molecule has 0 amide bonds. The number of hydrogen-bond acceptors (Lipinski definition) is 2. The lowest BCUT2D eigenvalue weighted by Crippen LogP contribution is -2.53. The second kappa shape index (κ2) is 6.91. The van der Waals surface area contributed by atoms with Crippen LogP contribution < -0.4 is 5.32 Å². The van der Waals surface area contributed by atoms with Gasteiger partial charge in [-0.05, 0) is 58.4 Å². The van der Waals surface area contributed by atoms with Crippen LogP contribution in [0.15, 0.2) is 0 Å². The molecule has 0 aromatic carbocycles. The monoisotopic (exact) mass is 252 g/mol. The molecular formula is C16H32N2. The smallest absolute Gasteiger partial charge is 0.0195 e. The molecule has 2 rings (SSSR count). The molecule has 1 aliphatic heterocycles. The van der Waals surface area contributed by atoms with Crippen molar-refractivity contribution >= 4 is 0 Å². The first-order valence-electron chi connectivity index (χ1n) is 8.21. The Balaban J connectivity index is 1.85. The lowest BCUT2D eigenvalue weighted by atomic mass is 9.78. The lowest BCUT2D eigenvalue weighted by molar-refractivity contribution is 0.0308. The summed E-state index contributed by atoms with van der Waals surface area (Å²) in [6.45, 7) is 9.49. The molecule has 18 heavy (non-hydrogen) atoms. The third-order valence-electron chi connectivity index (χ3n) is 5.23. The zero-order valence-corrected chi connectivity index (χ0v) is 12.6. The predicted molar refractivity (Wildman–Crippen MR) is 78.9 cm³/mol. The zero-order chi connectivity index (χ0) is 13.0. The summed E-state index contributed by atoms with van der Waals surface area (Å²) in [6, 6.07) is 2.28. The first kappa shape index (κ1) is 14.3.